The molecule has 3 aliphatic heterocycles. The Bertz CT molecular complexity index is 541. The molecule has 7 heteroatoms. The van der Waals surface area contributed by atoms with Gasteiger partial charge in [-0.05, 0) is 45.4 Å². The summed E-state index contributed by atoms with van der Waals surface area (Å²) in [5.74, 6) is 0. The number of ether oxygens (including phenoxy) is 1. The van der Waals surface area contributed by atoms with E-state index < -0.39 is 0 Å². The van der Waals surface area contributed by atoms with Gasteiger partial charge >= 0.3 is 12.1 Å². The van der Waals surface area contributed by atoms with Crippen LogP contribution < -0.4 is 5.32 Å². The van der Waals surface area contributed by atoms with Crippen molar-refractivity contribution in [2.75, 3.05) is 32.8 Å². The average molecular weight is 379 g/mol. The lowest BCUT2D eigenvalue weighted by atomic mass is 9.89. The summed E-state index contributed by atoms with van der Waals surface area (Å²) in [6.07, 6.45) is 8.85. The first-order chi connectivity index (χ1) is 13.2. The summed E-state index contributed by atoms with van der Waals surface area (Å²) in [4.78, 5) is 31.0. The Morgan fingerprint density at radius 2 is 1.67 bits per heavy atom. The number of nitrogens with zero attached hydrogens (tertiary/aromatic N) is 3. The molecule has 3 amide bonds. The van der Waals surface area contributed by atoms with Crippen LogP contribution in [0.4, 0.5) is 9.59 Å². The van der Waals surface area contributed by atoms with E-state index in [0.717, 1.165) is 64.7 Å². The van der Waals surface area contributed by atoms with Crippen molar-refractivity contribution in [2.45, 2.75) is 82.5 Å². The maximum absolute atomic E-state index is 12.5. The molecule has 0 radical (unpaired) electrons. The molecular formula is C20H34N4O3. The lowest BCUT2D eigenvalue weighted by Crippen LogP contribution is -2.53. The number of nitrogens with one attached hydrogen (secondary N) is 1. The molecule has 3 saturated heterocycles. The number of hydrogen-bond donors (Lipinski definition) is 1. The summed E-state index contributed by atoms with van der Waals surface area (Å²) in [5, 5.41) is 3.23. The average Bonchev–Trinajstić information content (AvgIpc) is 3.04. The maximum Gasteiger partial charge on any atom is 0.409 e. The fourth-order valence-electron chi connectivity index (χ4n) is 5.59. The zero-order valence-corrected chi connectivity index (χ0v) is 16.6. The number of likely N-dealkylation sites (tertiary alicyclic amines) is 2. The number of amides is 3. The topological polar surface area (TPSA) is 65.1 Å². The number of carbonyl (C=O) groups excluding carboxylic acids is 2. The summed E-state index contributed by atoms with van der Waals surface area (Å²) in [6, 6.07) is 1.95. The van der Waals surface area contributed by atoms with Crippen LogP contribution in [0, 0.1) is 0 Å². The second-order valence-corrected chi connectivity index (χ2v) is 8.50. The number of rotatable bonds is 3. The van der Waals surface area contributed by atoms with Gasteiger partial charge in [0.2, 0.25) is 0 Å². The first-order valence-corrected chi connectivity index (χ1v) is 10.9. The van der Waals surface area contributed by atoms with Gasteiger partial charge in [-0.1, -0.05) is 12.8 Å². The van der Waals surface area contributed by atoms with E-state index in [1.807, 2.05) is 11.8 Å². The Labute approximate surface area is 162 Å². The second-order valence-electron chi connectivity index (χ2n) is 8.50. The van der Waals surface area contributed by atoms with Crippen LogP contribution in [0.5, 0.6) is 0 Å². The predicted octanol–water partition coefficient (Wildman–Crippen LogP) is 2.41. The molecule has 0 aromatic carbocycles. The minimum Gasteiger partial charge on any atom is -0.450 e. The summed E-state index contributed by atoms with van der Waals surface area (Å²) in [5.41, 5.74) is 0. The van der Waals surface area contributed by atoms with Gasteiger partial charge in [0.25, 0.3) is 0 Å². The first-order valence-electron chi connectivity index (χ1n) is 10.9. The van der Waals surface area contributed by atoms with Gasteiger partial charge in [0.15, 0.2) is 0 Å². The third-order valence-corrected chi connectivity index (χ3v) is 7.03. The van der Waals surface area contributed by atoms with Gasteiger partial charge in [-0.25, -0.2) is 9.59 Å². The Morgan fingerprint density at radius 1 is 1.00 bits per heavy atom. The lowest BCUT2D eigenvalue weighted by Gasteiger charge is -2.44. The zero-order chi connectivity index (χ0) is 18.8. The maximum atomic E-state index is 12.5. The van der Waals surface area contributed by atoms with Gasteiger partial charge in [0.05, 0.1) is 18.7 Å². The van der Waals surface area contributed by atoms with Crippen molar-refractivity contribution in [3.63, 3.8) is 0 Å². The standard InChI is InChI=1S/C20H34N4O3/c1-2-27-20(26)23-13-7-15(8-14-23)22-11-9-16(10-12-22)24-18-6-4-3-5-17(18)21-19(24)25/h15-18H,2-14H2,1H3,(H,21,25)/t17-,18+/m1/s1. The van der Waals surface area contributed by atoms with Crippen molar-refractivity contribution in [3.05, 3.63) is 0 Å². The van der Waals surface area contributed by atoms with Gasteiger partial charge in [-0.3, -0.25) is 0 Å². The van der Waals surface area contributed by atoms with Crippen molar-refractivity contribution in [2.24, 2.45) is 0 Å². The van der Waals surface area contributed by atoms with Crippen molar-refractivity contribution >= 4 is 12.1 Å². The minimum atomic E-state index is -0.170. The number of fused-ring (bicyclic) bond motifs is 1. The number of piperidine rings is 2. The van der Waals surface area contributed by atoms with Crippen LogP contribution in [-0.2, 0) is 4.74 Å². The van der Waals surface area contributed by atoms with E-state index in [4.69, 9.17) is 4.74 Å². The molecule has 0 bridgehead atoms. The molecule has 7 nitrogen and oxygen atoms in total. The van der Waals surface area contributed by atoms with Gasteiger partial charge in [0.1, 0.15) is 0 Å². The normalized spacial score (nSPS) is 30.9. The molecule has 3 heterocycles. The van der Waals surface area contributed by atoms with E-state index in [9.17, 15) is 9.59 Å². The molecule has 4 rings (SSSR count). The summed E-state index contributed by atoms with van der Waals surface area (Å²) < 4.78 is 5.12. The SMILES string of the molecule is CCOC(=O)N1CCC(N2CCC(N3C(=O)N[C@@H]4CCCC[C@@H]43)CC2)CC1. The highest BCUT2D eigenvalue weighted by Gasteiger charge is 2.44. The Morgan fingerprint density at radius 3 is 2.37 bits per heavy atom. The van der Waals surface area contributed by atoms with E-state index in [0.29, 0.717) is 30.8 Å². The molecule has 2 atom stereocenters. The number of urea groups is 1. The van der Waals surface area contributed by atoms with Crippen molar-refractivity contribution in [3.8, 4) is 0 Å². The molecule has 4 fully saturated rings. The van der Waals surface area contributed by atoms with Crippen molar-refractivity contribution in [1.82, 2.24) is 20.0 Å². The van der Waals surface area contributed by atoms with E-state index >= 15 is 0 Å². The van der Waals surface area contributed by atoms with Gasteiger partial charge in [-0.15, -0.1) is 0 Å². The Balaban J connectivity index is 1.26. The quantitative estimate of drug-likeness (QED) is 0.819. The highest BCUT2D eigenvalue weighted by atomic mass is 16.6. The summed E-state index contributed by atoms with van der Waals surface area (Å²) in [7, 11) is 0. The van der Waals surface area contributed by atoms with Crippen LogP contribution >= 0.6 is 0 Å². The molecule has 1 N–H and O–H groups in total. The Hall–Kier alpha value is -1.50. The minimum absolute atomic E-state index is 0.170. The molecular weight excluding hydrogens is 344 g/mol. The van der Waals surface area contributed by atoms with Crippen molar-refractivity contribution < 1.29 is 14.3 Å². The van der Waals surface area contributed by atoms with Gasteiger partial charge < -0.3 is 24.8 Å². The summed E-state index contributed by atoms with van der Waals surface area (Å²) >= 11 is 0. The molecule has 0 aromatic rings. The highest BCUT2D eigenvalue weighted by Crippen LogP contribution is 2.33. The molecule has 0 aromatic heterocycles. The fraction of sp³-hybridized carbons (Fsp3) is 0.900. The monoisotopic (exact) mass is 378 g/mol. The number of hydrogen-bond acceptors (Lipinski definition) is 4. The van der Waals surface area contributed by atoms with Crippen LogP contribution in [0.2, 0.25) is 0 Å². The van der Waals surface area contributed by atoms with Crippen LogP contribution in [0.1, 0.15) is 58.3 Å². The van der Waals surface area contributed by atoms with Crippen LogP contribution in [0.3, 0.4) is 0 Å². The molecule has 0 spiro atoms. The molecule has 4 aliphatic rings. The Kier molecular flexibility index (Phi) is 5.76. The van der Waals surface area contributed by atoms with Gasteiger partial charge in [0, 0.05) is 38.3 Å². The van der Waals surface area contributed by atoms with E-state index in [1.165, 1.54) is 12.8 Å². The third-order valence-electron chi connectivity index (χ3n) is 7.03. The molecule has 1 saturated carbocycles. The zero-order valence-electron chi connectivity index (χ0n) is 16.6. The van der Waals surface area contributed by atoms with E-state index in [-0.39, 0.29) is 12.1 Å². The smallest absolute Gasteiger partial charge is 0.409 e. The highest BCUT2D eigenvalue weighted by molar-refractivity contribution is 5.78. The number of carbonyl (C=O) groups is 2. The van der Waals surface area contributed by atoms with Crippen molar-refractivity contribution in [1.29, 1.82) is 0 Å². The second kappa shape index (κ2) is 8.25. The van der Waals surface area contributed by atoms with Crippen LogP contribution in [0.15, 0.2) is 0 Å². The third kappa shape index (κ3) is 3.89. The largest absolute Gasteiger partial charge is 0.450 e. The molecule has 0 unspecified atom stereocenters. The van der Waals surface area contributed by atoms with E-state index in [2.05, 4.69) is 15.1 Å². The van der Waals surface area contributed by atoms with Crippen LogP contribution in [-0.4, -0.2) is 83.8 Å². The fourth-order valence-corrected chi connectivity index (χ4v) is 5.59. The predicted molar refractivity (Wildman–Crippen MR) is 103 cm³/mol. The molecule has 27 heavy (non-hydrogen) atoms. The van der Waals surface area contributed by atoms with E-state index in [1.54, 1.807) is 0 Å². The first kappa shape index (κ1) is 18.8. The summed E-state index contributed by atoms with van der Waals surface area (Å²) in [6.45, 7) is 6.01. The van der Waals surface area contributed by atoms with Crippen LogP contribution in [0.25, 0.3) is 0 Å². The van der Waals surface area contributed by atoms with Gasteiger partial charge in [-0.2, -0.15) is 0 Å². The molecule has 152 valence electrons. The molecule has 1 aliphatic carbocycles. The lowest BCUT2D eigenvalue weighted by molar-refractivity contribution is 0.0490.